The maximum Gasteiger partial charge on any atom is 0.227 e. The molecule has 0 saturated heterocycles. The zero-order valence-corrected chi connectivity index (χ0v) is 13.8. The number of hydrogen-bond acceptors (Lipinski definition) is 2. The molecule has 0 aromatic heterocycles. The lowest BCUT2D eigenvalue weighted by Crippen LogP contribution is -2.36. The van der Waals surface area contributed by atoms with Crippen molar-refractivity contribution in [3.63, 3.8) is 0 Å². The molecule has 22 heavy (non-hydrogen) atoms. The van der Waals surface area contributed by atoms with Crippen LogP contribution in [0, 0.1) is 35.0 Å². The van der Waals surface area contributed by atoms with Crippen LogP contribution in [0.3, 0.4) is 0 Å². The van der Waals surface area contributed by atoms with Gasteiger partial charge in [-0.1, -0.05) is 39.3 Å². The molecule has 0 heterocycles. The third kappa shape index (κ3) is 4.10. The van der Waals surface area contributed by atoms with Crippen LogP contribution in [0.4, 0.5) is 5.69 Å². The Balaban J connectivity index is 2.04. The SMILES string of the molecule is CC1CCC(C(C)C)[C@H](C(=O)Nc2ccc(CC#N)cc2)C1. The van der Waals surface area contributed by atoms with Crippen molar-refractivity contribution in [2.24, 2.45) is 23.7 Å². The monoisotopic (exact) mass is 298 g/mol. The highest BCUT2D eigenvalue weighted by Crippen LogP contribution is 2.38. The van der Waals surface area contributed by atoms with Crippen molar-refractivity contribution in [3.8, 4) is 6.07 Å². The van der Waals surface area contributed by atoms with E-state index in [9.17, 15) is 4.79 Å². The van der Waals surface area contributed by atoms with Gasteiger partial charge in [-0.3, -0.25) is 4.79 Å². The molecular weight excluding hydrogens is 272 g/mol. The first-order chi connectivity index (χ1) is 10.5. The van der Waals surface area contributed by atoms with Gasteiger partial charge in [0.25, 0.3) is 0 Å². The summed E-state index contributed by atoms with van der Waals surface area (Å²) in [6, 6.07) is 9.72. The van der Waals surface area contributed by atoms with Gasteiger partial charge in [0.1, 0.15) is 0 Å². The molecule has 1 aliphatic rings. The van der Waals surface area contributed by atoms with E-state index >= 15 is 0 Å². The highest BCUT2D eigenvalue weighted by Gasteiger charge is 2.35. The van der Waals surface area contributed by atoms with Crippen LogP contribution < -0.4 is 5.32 Å². The Kier molecular flexibility index (Phi) is 5.60. The minimum Gasteiger partial charge on any atom is -0.326 e. The molecule has 1 aromatic rings. The van der Waals surface area contributed by atoms with Crippen LogP contribution in [-0.2, 0) is 11.2 Å². The van der Waals surface area contributed by atoms with Gasteiger partial charge in [0.15, 0.2) is 0 Å². The molecule has 1 amide bonds. The minimum absolute atomic E-state index is 0.113. The predicted molar refractivity (Wildman–Crippen MR) is 89.2 cm³/mol. The van der Waals surface area contributed by atoms with E-state index in [0.717, 1.165) is 24.1 Å². The van der Waals surface area contributed by atoms with Crippen LogP contribution in [0.1, 0.15) is 45.6 Å². The summed E-state index contributed by atoms with van der Waals surface area (Å²) in [5, 5.41) is 11.8. The van der Waals surface area contributed by atoms with Gasteiger partial charge in [0, 0.05) is 11.6 Å². The zero-order valence-electron chi connectivity index (χ0n) is 13.8. The second kappa shape index (κ2) is 7.45. The second-order valence-electron chi connectivity index (χ2n) is 6.95. The van der Waals surface area contributed by atoms with E-state index in [2.05, 4.69) is 32.2 Å². The van der Waals surface area contributed by atoms with Crippen LogP contribution in [0.2, 0.25) is 0 Å². The van der Waals surface area contributed by atoms with Gasteiger partial charge in [-0.05, 0) is 48.3 Å². The lowest BCUT2D eigenvalue weighted by molar-refractivity contribution is -0.123. The number of carbonyl (C=O) groups is 1. The van der Waals surface area contributed by atoms with Gasteiger partial charge >= 0.3 is 0 Å². The topological polar surface area (TPSA) is 52.9 Å². The first-order valence-corrected chi connectivity index (χ1v) is 8.28. The fourth-order valence-electron chi connectivity index (χ4n) is 3.54. The average molecular weight is 298 g/mol. The molecule has 118 valence electrons. The Labute approximate surface area is 133 Å². The first-order valence-electron chi connectivity index (χ1n) is 8.28. The molecular formula is C19H26N2O. The maximum atomic E-state index is 12.7. The van der Waals surface area contributed by atoms with Gasteiger partial charge in [0.2, 0.25) is 5.91 Å². The molecule has 0 bridgehead atoms. The zero-order chi connectivity index (χ0) is 16.1. The van der Waals surface area contributed by atoms with E-state index in [1.165, 1.54) is 6.42 Å². The first kappa shape index (κ1) is 16.5. The molecule has 0 aliphatic heterocycles. The van der Waals surface area contributed by atoms with Gasteiger partial charge in [-0.25, -0.2) is 0 Å². The number of nitriles is 1. The van der Waals surface area contributed by atoms with Crippen LogP contribution in [-0.4, -0.2) is 5.91 Å². The number of carbonyl (C=O) groups excluding carboxylic acids is 1. The third-order valence-electron chi connectivity index (χ3n) is 4.86. The molecule has 0 spiro atoms. The number of benzene rings is 1. The van der Waals surface area contributed by atoms with Crippen molar-refractivity contribution >= 4 is 11.6 Å². The largest absolute Gasteiger partial charge is 0.326 e. The molecule has 1 aromatic carbocycles. The van der Waals surface area contributed by atoms with Crippen molar-refractivity contribution < 1.29 is 4.79 Å². The Hall–Kier alpha value is -1.82. The summed E-state index contributed by atoms with van der Waals surface area (Å²) in [7, 11) is 0. The van der Waals surface area contributed by atoms with E-state index in [-0.39, 0.29) is 11.8 Å². The molecule has 2 rings (SSSR count). The van der Waals surface area contributed by atoms with E-state index in [1.54, 1.807) is 0 Å². The van der Waals surface area contributed by atoms with Crippen LogP contribution >= 0.6 is 0 Å². The van der Waals surface area contributed by atoms with Crippen molar-refractivity contribution in [1.29, 1.82) is 5.26 Å². The van der Waals surface area contributed by atoms with Crippen molar-refractivity contribution in [2.75, 3.05) is 5.32 Å². The number of anilines is 1. The second-order valence-corrected chi connectivity index (χ2v) is 6.95. The minimum atomic E-state index is 0.113. The number of rotatable bonds is 4. The molecule has 1 saturated carbocycles. The number of hydrogen-bond donors (Lipinski definition) is 1. The van der Waals surface area contributed by atoms with Gasteiger partial charge < -0.3 is 5.32 Å². The van der Waals surface area contributed by atoms with E-state index in [1.807, 2.05) is 24.3 Å². The van der Waals surface area contributed by atoms with Crippen LogP contribution in [0.25, 0.3) is 0 Å². The Morgan fingerprint density at radius 1 is 1.32 bits per heavy atom. The van der Waals surface area contributed by atoms with E-state index in [0.29, 0.717) is 24.2 Å². The molecule has 3 heteroatoms. The summed E-state index contributed by atoms with van der Waals surface area (Å²) in [5.41, 5.74) is 1.80. The average Bonchev–Trinajstić information content (AvgIpc) is 2.49. The number of nitrogens with one attached hydrogen (secondary N) is 1. The summed E-state index contributed by atoms with van der Waals surface area (Å²) in [6.07, 6.45) is 3.78. The molecule has 0 radical (unpaired) electrons. The lowest BCUT2D eigenvalue weighted by atomic mass is 9.70. The lowest BCUT2D eigenvalue weighted by Gasteiger charge is -2.36. The predicted octanol–water partition coefficient (Wildman–Crippen LogP) is 4.40. The summed E-state index contributed by atoms with van der Waals surface area (Å²) in [4.78, 5) is 12.7. The number of amides is 1. The molecule has 3 atom stereocenters. The Morgan fingerprint density at radius 2 is 2.00 bits per heavy atom. The van der Waals surface area contributed by atoms with Crippen molar-refractivity contribution in [1.82, 2.24) is 0 Å². The molecule has 1 fully saturated rings. The van der Waals surface area contributed by atoms with Gasteiger partial charge in [-0.2, -0.15) is 5.26 Å². The molecule has 2 unspecified atom stereocenters. The summed E-state index contributed by atoms with van der Waals surface area (Å²) >= 11 is 0. The Bertz CT molecular complexity index is 542. The fraction of sp³-hybridized carbons (Fsp3) is 0.579. The van der Waals surface area contributed by atoms with Crippen LogP contribution in [0.5, 0.6) is 0 Å². The maximum absolute atomic E-state index is 12.7. The highest BCUT2D eigenvalue weighted by atomic mass is 16.1. The van der Waals surface area contributed by atoms with Crippen molar-refractivity contribution in [3.05, 3.63) is 29.8 Å². The fourth-order valence-corrected chi connectivity index (χ4v) is 3.54. The van der Waals surface area contributed by atoms with E-state index < -0.39 is 0 Å². The molecule has 1 aliphatic carbocycles. The quantitative estimate of drug-likeness (QED) is 0.895. The highest BCUT2D eigenvalue weighted by molar-refractivity contribution is 5.92. The van der Waals surface area contributed by atoms with Gasteiger partial charge in [-0.15, -0.1) is 0 Å². The Morgan fingerprint density at radius 3 is 2.59 bits per heavy atom. The van der Waals surface area contributed by atoms with Crippen molar-refractivity contribution in [2.45, 2.75) is 46.5 Å². The standard InChI is InChI=1S/C19H26N2O/c1-13(2)17-9-4-14(3)12-18(17)19(22)21-16-7-5-15(6-8-16)10-11-20/h5-8,13-14,17-18H,4,9-10,12H2,1-3H3,(H,21,22)/t14?,17?,18-/m1/s1. The third-order valence-corrected chi connectivity index (χ3v) is 4.86. The normalized spacial score (nSPS) is 24.8. The van der Waals surface area contributed by atoms with Crippen LogP contribution in [0.15, 0.2) is 24.3 Å². The summed E-state index contributed by atoms with van der Waals surface area (Å²) in [5.74, 6) is 1.92. The molecule has 1 N–H and O–H groups in total. The van der Waals surface area contributed by atoms with E-state index in [4.69, 9.17) is 5.26 Å². The molecule has 3 nitrogen and oxygen atoms in total. The summed E-state index contributed by atoms with van der Waals surface area (Å²) in [6.45, 7) is 6.68. The van der Waals surface area contributed by atoms with Gasteiger partial charge in [0.05, 0.1) is 12.5 Å². The summed E-state index contributed by atoms with van der Waals surface area (Å²) < 4.78 is 0. The number of nitrogens with zero attached hydrogens (tertiary/aromatic N) is 1. The smallest absolute Gasteiger partial charge is 0.227 e.